The molecule has 0 radical (unpaired) electrons. The standard InChI is InChI=1S/C16H15FN2S/c1-3-11-6-4-5-10(2)15(11)19-16-18-13-8-7-12(17)9-14(13)20-16/h4-9H,3H2,1-2H3,(H,18,19). The Balaban J connectivity index is 2.01. The van der Waals surface area contributed by atoms with Crippen molar-refractivity contribution in [2.75, 3.05) is 5.32 Å². The number of anilines is 2. The Bertz CT molecular complexity index is 764. The number of rotatable bonds is 3. The van der Waals surface area contributed by atoms with Crippen LogP contribution < -0.4 is 5.32 Å². The third-order valence-electron chi connectivity index (χ3n) is 3.32. The summed E-state index contributed by atoms with van der Waals surface area (Å²) in [5, 5.41) is 4.19. The van der Waals surface area contributed by atoms with Crippen LogP contribution in [0.3, 0.4) is 0 Å². The van der Waals surface area contributed by atoms with E-state index in [-0.39, 0.29) is 5.82 Å². The highest BCUT2D eigenvalue weighted by molar-refractivity contribution is 7.22. The summed E-state index contributed by atoms with van der Waals surface area (Å²) in [6, 6.07) is 10.9. The van der Waals surface area contributed by atoms with Crippen molar-refractivity contribution in [3.05, 3.63) is 53.3 Å². The minimum atomic E-state index is -0.224. The number of hydrogen-bond donors (Lipinski definition) is 1. The number of aryl methyl sites for hydroxylation is 2. The zero-order valence-electron chi connectivity index (χ0n) is 11.4. The van der Waals surface area contributed by atoms with Crippen LogP contribution in [0.4, 0.5) is 15.2 Å². The maximum Gasteiger partial charge on any atom is 0.188 e. The Kier molecular flexibility index (Phi) is 3.40. The molecule has 20 heavy (non-hydrogen) atoms. The molecule has 3 rings (SSSR count). The van der Waals surface area contributed by atoms with E-state index in [0.29, 0.717) is 0 Å². The number of nitrogens with zero attached hydrogens (tertiary/aromatic N) is 1. The maximum absolute atomic E-state index is 13.2. The normalized spacial score (nSPS) is 10.9. The summed E-state index contributed by atoms with van der Waals surface area (Å²) in [5.74, 6) is -0.224. The molecule has 2 nitrogen and oxygen atoms in total. The molecule has 0 saturated carbocycles. The van der Waals surface area contributed by atoms with Crippen LogP contribution in [0, 0.1) is 12.7 Å². The third kappa shape index (κ3) is 2.39. The van der Waals surface area contributed by atoms with Gasteiger partial charge in [0.05, 0.1) is 10.2 Å². The molecule has 4 heteroatoms. The van der Waals surface area contributed by atoms with Crippen molar-refractivity contribution in [3.8, 4) is 0 Å². The SMILES string of the molecule is CCc1cccc(C)c1Nc1nc2ccc(F)cc2s1. The van der Waals surface area contributed by atoms with Crippen LogP contribution in [0.5, 0.6) is 0 Å². The summed E-state index contributed by atoms with van der Waals surface area (Å²) in [7, 11) is 0. The lowest BCUT2D eigenvalue weighted by molar-refractivity contribution is 0.630. The second kappa shape index (κ2) is 5.21. The predicted octanol–water partition coefficient (Wildman–Crippen LogP) is 5.05. The van der Waals surface area contributed by atoms with Gasteiger partial charge >= 0.3 is 0 Å². The van der Waals surface area contributed by atoms with Crippen LogP contribution >= 0.6 is 11.3 Å². The van der Waals surface area contributed by atoms with Crippen molar-refractivity contribution in [2.24, 2.45) is 0 Å². The van der Waals surface area contributed by atoms with E-state index in [4.69, 9.17) is 0 Å². The summed E-state index contributed by atoms with van der Waals surface area (Å²) in [4.78, 5) is 4.51. The molecule has 2 aromatic carbocycles. The largest absolute Gasteiger partial charge is 0.331 e. The molecule has 0 fully saturated rings. The Labute approximate surface area is 121 Å². The number of para-hydroxylation sites is 1. The van der Waals surface area contributed by atoms with Gasteiger partial charge in [0, 0.05) is 5.69 Å². The predicted molar refractivity (Wildman–Crippen MR) is 83.4 cm³/mol. The molecule has 1 heterocycles. The topological polar surface area (TPSA) is 24.9 Å². The number of nitrogens with one attached hydrogen (secondary N) is 1. The quantitative estimate of drug-likeness (QED) is 0.728. The number of benzene rings is 2. The Morgan fingerprint density at radius 1 is 1.25 bits per heavy atom. The van der Waals surface area contributed by atoms with Crippen LogP contribution in [0.15, 0.2) is 36.4 Å². The van der Waals surface area contributed by atoms with Crippen molar-refractivity contribution < 1.29 is 4.39 Å². The molecular formula is C16H15FN2S. The van der Waals surface area contributed by atoms with E-state index in [1.165, 1.54) is 34.6 Å². The lowest BCUT2D eigenvalue weighted by atomic mass is 10.1. The van der Waals surface area contributed by atoms with E-state index in [1.54, 1.807) is 6.07 Å². The lowest BCUT2D eigenvalue weighted by Gasteiger charge is -2.11. The molecule has 0 atom stereocenters. The van der Waals surface area contributed by atoms with E-state index < -0.39 is 0 Å². The summed E-state index contributed by atoms with van der Waals surface area (Å²) in [5.41, 5.74) is 4.38. The number of thiazole rings is 1. The average Bonchev–Trinajstić information content (AvgIpc) is 2.82. The average molecular weight is 286 g/mol. The van der Waals surface area contributed by atoms with Crippen molar-refractivity contribution >= 4 is 32.4 Å². The van der Waals surface area contributed by atoms with Crippen molar-refractivity contribution in [2.45, 2.75) is 20.3 Å². The maximum atomic E-state index is 13.2. The van der Waals surface area contributed by atoms with Gasteiger partial charge in [-0.15, -0.1) is 0 Å². The van der Waals surface area contributed by atoms with Gasteiger partial charge in [-0.25, -0.2) is 9.37 Å². The summed E-state index contributed by atoms with van der Waals surface area (Å²) in [6.45, 7) is 4.21. The lowest BCUT2D eigenvalue weighted by Crippen LogP contribution is -1.97. The highest BCUT2D eigenvalue weighted by Crippen LogP contribution is 2.31. The van der Waals surface area contributed by atoms with Gasteiger partial charge in [-0.2, -0.15) is 0 Å². The molecule has 0 unspecified atom stereocenters. The minimum absolute atomic E-state index is 0.224. The summed E-state index contributed by atoms with van der Waals surface area (Å²) >= 11 is 1.47. The fourth-order valence-electron chi connectivity index (χ4n) is 2.26. The second-order valence-corrected chi connectivity index (χ2v) is 5.75. The van der Waals surface area contributed by atoms with Gasteiger partial charge in [0.2, 0.25) is 0 Å². The molecule has 0 saturated heterocycles. The van der Waals surface area contributed by atoms with Crippen molar-refractivity contribution in [1.29, 1.82) is 0 Å². The first-order valence-corrected chi connectivity index (χ1v) is 7.40. The Hall–Kier alpha value is -1.94. The first-order valence-electron chi connectivity index (χ1n) is 6.59. The highest BCUT2D eigenvalue weighted by atomic mass is 32.1. The van der Waals surface area contributed by atoms with E-state index >= 15 is 0 Å². The fourth-order valence-corrected chi connectivity index (χ4v) is 3.16. The van der Waals surface area contributed by atoms with Crippen LogP contribution in [0.1, 0.15) is 18.1 Å². The highest BCUT2D eigenvalue weighted by Gasteiger charge is 2.09. The van der Waals surface area contributed by atoms with Gasteiger partial charge in [0.1, 0.15) is 5.82 Å². The molecule has 0 aliphatic carbocycles. The summed E-state index contributed by atoms with van der Waals surface area (Å²) in [6.07, 6.45) is 0.962. The zero-order valence-corrected chi connectivity index (χ0v) is 12.2. The monoisotopic (exact) mass is 286 g/mol. The van der Waals surface area contributed by atoms with Crippen LogP contribution in [0.2, 0.25) is 0 Å². The van der Waals surface area contributed by atoms with E-state index in [9.17, 15) is 4.39 Å². The number of hydrogen-bond acceptors (Lipinski definition) is 3. The number of aromatic nitrogens is 1. The van der Waals surface area contributed by atoms with Crippen molar-refractivity contribution in [1.82, 2.24) is 4.98 Å². The number of halogens is 1. The molecule has 0 aliphatic rings. The van der Waals surface area contributed by atoms with E-state index in [1.807, 2.05) is 0 Å². The Morgan fingerprint density at radius 3 is 2.90 bits per heavy atom. The molecule has 3 aromatic rings. The van der Waals surface area contributed by atoms with E-state index in [2.05, 4.69) is 42.3 Å². The van der Waals surface area contributed by atoms with Crippen molar-refractivity contribution in [3.63, 3.8) is 0 Å². The number of fused-ring (bicyclic) bond motifs is 1. The molecule has 0 spiro atoms. The van der Waals surface area contributed by atoms with Gasteiger partial charge in [-0.1, -0.05) is 36.5 Å². The third-order valence-corrected chi connectivity index (χ3v) is 4.26. The van der Waals surface area contributed by atoms with Crippen LogP contribution in [-0.2, 0) is 6.42 Å². The fraction of sp³-hybridized carbons (Fsp3) is 0.188. The van der Waals surface area contributed by atoms with Crippen LogP contribution in [0.25, 0.3) is 10.2 Å². The smallest absolute Gasteiger partial charge is 0.188 e. The Morgan fingerprint density at radius 2 is 2.10 bits per heavy atom. The van der Waals surface area contributed by atoms with Gasteiger partial charge in [-0.05, 0) is 42.7 Å². The van der Waals surface area contributed by atoms with Gasteiger partial charge in [0.15, 0.2) is 5.13 Å². The molecule has 0 bridgehead atoms. The van der Waals surface area contributed by atoms with Gasteiger partial charge in [0.25, 0.3) is 0 Å². The minimum Gasteiger partial charge on any atom is -0.331 e. The second-order valence-electron chi connectivity index (χ2n) is 4.72. The zero-order chi connectivity index (χ0) is 14.1. The first-order chi connectivity index (χ1) is 9.67. The van der Waals surface area contributed by atoms with Gasteiger partial charge in [-0.3, -0.25) is 0 Å². The molecular weight excluding hydrogens is 271 g/mol. The van der Waals surface area contributed by atoms with E-state index in [0.717, 1.165) is 27.5 Å². The molecule has 0 aliphatic heterocycles. The first kappa shape index (κ1) is 13.1. The molecule has 0 amide bonds. The molecule has 1 N–H and O–H groups in total. The summed E-state index contributed by atoms with van der Waals surface area (Å²) < 4.78 is 14.1. The molecule has 1 aromatic heterocycles. The molecule has 102 valence electrons. The van der Waals surface area contributed by atoms with Gasteiger partial charge < -0.3 is 5.32 Å². The van der Waals surface area contributed by atoms with Crippen LogP contribution in [-0.4, -0.2) is 4.98 Å².